The molecule has 12 heteroatoms. The Morgan fingerprint density at radius 2 is 1.34 bits per heavy atom. The van der Waals surface area contributed by atoms with Crippen molar-refractivity contribution in [3.8, 4) is 6.07 Å². The SMILES string of the molecule is N#Cc1ccc(C2=C(Br)CC(C(F)(F)F)C=C2C(F)(C(F)(F)F)C(F)(F)F)cc1. The Morgan fingerprint density at radius 3 is 1.72 bits per heavy atom. The van der Waals surface area contributed by atoms with Gasteiger partial charge in [0, 0.05) is 10.1 Å². The third kappa shape index (κ3) is 4.15. The van der Waals surface area contributed by atoms with Crippen LogP contribution in [0.4, 0.5) is 43.9 Å². The number of rotatable bonds is 2. The molecule has 0 saturated heterocycles. The predicted molar refractivity (Wildman–Crippen MR) is 85.2 cm³/mol. The summed E-state index contributed by atoms with van der Waals surface area (Å²) in [5, 5.41) is 8.74. The summed E-state index contributed by atoms with van der Waals surface area (Å²) in [4.78, 5) is 0. The molecule has 0 aromatic heterocycles. The lowest BCUT2D eigenvalue weighted by Gasteiger charge is -2.37. The summed E-state index contributed by atoms with van der Waals surface area (Å²) in [5.41, 5.74) is -9.70. The van der Waals surface area contributed by atoms with Crippen LogP contribution < -0.4 is 0 Å². The number of allylic oxidation sites excluding steroid dienone is 4. The minimum atomic E-state index is -6.59. The van der Waals surface area contributed by atoms with Crippen molar-refractivity contribution < 1.29 is 43.9 Å². The van der Waals surface area contributed by atoms with E-state index in [-0.39, 0.29) is 11.6 Å². The second-order valence-corrected chi connectivity index (χ2v) is 7.01. The third-order valence-electron chi connectivity index (χ3n) is 4.18. The van der Waals surface area contributed by atoms with Crippen LogP contribution in [0.2, 0.25) is 0 Å². The molecule has 0 spiro atoms. The van der Waals surface area contributed by atoms with Crippen molar-refractivity contribution in [1.29, 1.82) is 5.26 Å². The van der Waals surface area contributed by atoms with Crippen LogP contribution in [0.5, 0.6) is 0 Å². The molecule has 0 heterocycles. The fourth-order valence-electron chi connectivity index (χ4n) is 2.77. The molecule has 0 bridgehead atoms. The standard InChI is InChI=1S/C17H8BrF10N/c18-12-6-10(15(20,21)22)5-11(14(19,16(23,24)25)17(26,27)28)13(12)9-3-1-8(7-29)2-4-9/h1-5,10H,6H2. The van der Waals surface area contributed by atoms with E-state index >= 15 is 0 Å². The first-order valence-electron chi connectivity index (χ1n) is 7.55. The van der Waals surface area contributed by atoms with Crippen molar-refractivity contribution in [1.82, 2.24) is 0 Å². The zero-order chi connectivity index (χ0) is 22.4. The Balaban J connectivity index is 2.83. The van der Waals surface area contributed by atoms with Gasteiger partial charge in [0.05, 0.1) is 17.6 Å². The highest BCUT2D eigenvalue weighted by atomic mass is 79.9. The Hall–Kier alpha value is -2.03. The zero-order valence-corrected chi connectivity index (χ0v) is 15.4. The van der Waals surface area contributed by atoms with Gasteiger partial charge in [0.15, 0.2) is 0 Å². The van der Waals surface area contributed by atoms with E-state index in [0.717, 1.165) is 24.3 Å². The number of alkyl halides is 10. The molecule has 0 amide bonds. The van der Waals surface area contributed by atoms with Crippen molar-refractivity contribution in [2.24, 2.45) is 5.92 Å². The smallest absolute Gasteiger partial charge is 0.218 e. The van der Waals surface area contributed by atoms with E-state index in [1.165, 1.54) is 0 Å². The van der Waals surface area contributed by atoms with E-state index in [2.05, 4.69) is 15.9 Å². The predicted octanol–water partition coefficient (Wildman–Crippen LogP) is 7.01. The van der Waals surface area contributed by atoms with Crippen LogP contribution in [0.25, 0.3) is 5.57 Å². The van der Waals surface area contributed by atoms with Crippen molar-refractivity contribution in [2.45, 2.75) is 30.6 Å². The molecule has 1 atom stereocenters. The number of hydrogen-bond acceptors (Lipinski definition) is 1. The largest absolute Gasteiger partial charge is 0.435 e. The average Bonchev–Trinajstić information content (AvgIpc) is 2.57. The highest BCUT2D eigenvalue weighted by Gasteiger charge is 2.75. The lowest BCUT2D eigenvalue weighted by atomic mass is 9.78. The van der Waals surface area contributed by atoms with Gasteiger partial charge in [-0.05, 0) is 29.7 Å². The summed E-state index contributed by atoms with van der Waals surface area (Å²) in [5.74, 6) is -2.77. The zero-order valence-electron chi connectivity index (χ0n) is 13.8. The lowest BCUT2D eigenvalue weighted by molar-refractivity contribution is -0.325. The second kappa shape index (κ2) is 7.34. The summed E-state index contributed by atoms with van der Waals surface area (Å²) in [6.07, 6.45) is -19.8. The Kier molecular flexibility index (Phi) is 5.88. The number of hydrogen-bond donors (Lipinski definition) is 0. The molecule has 158 valence electrons. The normalized spacial score (nSPS) is 19.1. The van der Waals surface area contributed by atoms with Gasteiger partial charge in [0.1, 0.15) is 0 Å². The Labute approximate surface area is 165 Å². The molecule has 1 aromatic rings. The molecule has 0 radical (unpaired) electrons. The number of benzene rings is 1. The summed E-state index contributed by atoms with van der Waals surface area (Å²) in [6.45, 7) is 0. The van der Waals surface area contributed by atoms with E-state index in [4.69, 9.17) is 5.26 Å². The molecule has 1 aliphatic rings. The average molecular weight is 496 g/mol. The summed E-state index contributed by atoms with van der Waals surface area (Å²) in [7, 11) is 0. The topological polar surface area (TPSA) is 23.8 Å². The minimum absolute atomic E-state index is 0.0156. The maximum absolute atomic E-state index is 14.7. The van der Waals surface area contributed by atoms with E-state index < -0.39 is 57.7 Å². The molecule has 1 aromatic carbocycles. The summed E-state index contributed by atoms with van der Waals surface area (Å²) >= 11 is 2.60. The van der Waals surface area contributed by atoms with Crippen molar-refractivity contribution in [3.05, 3.63) is 51.5 Å². The fraction of sp³-hybridized carbons (Fsp3) is 0.353. The minimum Gasteiger partial charge on any atom is -0.218 e. The molecule has 0 fully saturated rings. The van der Waals surface area contributed by atoms with E-state index in [9.17, 15) is 43.9 Å². The first kappa shape index (κ1) is 23.3. The molecule has 29 heavy (non-hydrogen) atoms. The van der Waals surface area contributed by atoms with Crippen LogP contribution in [0, 0.1) is 17.2 Å². The maximum atomic E-state index is 14.7. The van der Waals surface area contributed by atoms with E-state index in [0.29, 0.717) is 0 Å². The Bertz CT molecular complexity index is 867. The van der Waals surface area contributed by atoms with Crippen LogP contribution >= 0.6 is 15.9 Å². The Morgan fingerprint density at radius 1 is 0.862 bits per heavy atom. The summed E-state index contributed by atoms with van der Waals surface area (Å²) in [6, 6.07) is 5.55. The van der Waals surface area contributed by atoms with Gasteiger partial charge in [-0.25, -0.2) is 4.39 Å². The highest BCUT2D eigenvalue weighted by Crippen LogP contribution is 2.57. The molecule has 1 nitrogen and oxygen atoms in total. The molecule has 0 aliphatic heterocycles. The van der Waals surface area contributed by atoms with Crippen LogP contribution in [-0.2, 0) is 0 Å². The van der Waals surface area contributed by atoms with Crippen LogP contribution in [-0.4, -0.2) is 24.2 Å². The van der Waals surface area contributed by atoms with Gasteiger partial charge >= 0.3 is 24.2 Å². The number of nitriles is 1. The third-order valence-corrected chi connectivity index (χ3v) is 4.90. The first-order valence-corrected chi connectivity index (χ1v) is 8.34. The van der Waals surface area contributed by atoms with Gasteiger partial charge in [-0.15, -0.1) is 0 Å². The van der Waals surface area contributed by atoms with Crippen molar-refractivity contribution in [3.63, 3.8) is 0 Å². The van der Waals surface area contributed by atoms with Crippen molar-refractivity contribution in [2.75, 3.05) is 0 Å². The monoisotopic (exact) mass is 495 g/mol. The molecule has 1 unspecified atom stereocenters. The molecule has 2 rings (SSSR count). The first-order chi connectivity index (χ1) is 13.0. The van der Waals surface area contributed by atoms with Crippen LogP contribution in [0.1, 0.15) is 17.5 Å². The maximum Gasteiger partial charge on any atom is 0.435 e. The van der Waals surface area contributed by atoms with E-state index in [1.54, 1.807) is 6.07 Å². The molecular weight excluding hydrogens is 488 g/mol. The summed E-state index contributed by atoms with van der Waals surface area (Å²) < 4.78 is 133. The van der Waals surface area contributed by atoms with Crippen LogP contribution in [0.15, 0.2) is 40.4 Å². The van der Waals surface area contributed by atoms with Crippen LogP contribution in [0.3, 0.4) is 0 Å². The number of nitrogens with zero attached hydrogens (tertiary/aromatic N) is 1. The van der Waals surface area contributed by atoms with Gasteiger partial charge in [-0.2, -0.15) is 44.8 Å². The second-order valence-electron chi connectivity index (χ2n) is 6.06. The molecule has 0 N–H and O–H groups in total. The van der Waals surface area contributed by atoms with Gasteiger partial charge in [0.2, 0.25) is 0 Å². The van der Waals surface area contributed by atoms with Gasteiger partial charge in [-0.1, -0.05) is 34.1 Å². The fourth-order valence-corrected chi connectivity index (χ4v) is 3.56. The molecule has 1 aliphatic carbocycles. The van der Waals surface area contributed by atoms with Crippen molar-refractivity contribution >= 4 is 21.5 Å². The van der Waals surface area contributed by atoms with Gasteiger partial charge in [0.25, 0.3) is 0 Å². The highest BCUT2D eigenvalue weighted by molar-refractivity contribution is 9.11. The van der Waals surface area contributed by atoms with Gasteiger partial charge in [-0.3, -0.25) is 0 Å². The molecular formula is C17H8BrF10N. The quantitative estimate of drug-likeness (QED) is 0.405. The van der Waals surface area contributed by atoms with E-state index in [1.807, 2.05) is 0 Å². The van der Waals surface area contributed by atoms with Gasteiger partial charge < -0.3 is 0 Å². The lowest BCUT2D eigenvalue weighted by Crippen LogP contribution is -2.55. The molecule has 0 saturated carbocycles. The number of halogens is 11.